The Morgan fingerprint density at radius 1 is 1.44 bits per heavy atom. The number of carboxylic acid groups (broad SMARTS) is 1. The summed E-state index contributed by atoms with van der Waals surface area (Å²) in [5, 5.41) is 11.8. The second-order valence-electron chi connectivity index (χ2n) is 7.38. The van der Waals surface area contributed by atoms with Gasteiger partial charge in [-0.1, -0.05) is 13.8 Å². The van der Waals surface area contributed by atoms with Gasteiger partial charge >= 0.3 is 5.97 Å². The first-order valence-corrected chi connectivity index (χ1v) is 8.41. The second-order valence-corrected chi connectivity index (χ2v) is 7.38. The van der Waals surface area contributed by atoms with Crippen LogP contribution in [0.1, 0.15) is 36.3 Å². The molecule has 0 radical (unpaired) electrons. The average Bonchev–Trinajstić information content (AvgIpc) is 2.86. The summed E-state index contributed by atoms with van der Waals surface area (Å²) in [6, 6.07) is 1.84. The molecule has 1 unspecified atom stereocenters. The first kappa shape index (κ1) is 18.6. The number of amides is 3. The number of carbonyl (C=O) groups excluding carboxylic acids is 3. The number of hydrogen-bond acceptors (Lipinski definition) is 5. The van der Waals surface area contributed by atoms with Crippen LogP contribution in [-0.2, 0) is 14.4 Å². The van der Waals surface area contributed by atoms with Crippen molar-refractivity contribution in [1.82, 2.24) is 15.2 Å². The van der Waals surface area contributed by atoms with Crippen molar-refractivity contribution in [3.63, 3.8) is 0 Å². The highest BCUT2D eigenvalue weighted by Gasteiger charge is 2.60. The van der Waals surface area contributed by atoms with Crippen LogP contribution in [0.4, 0.5) is 0 Å². The fourth-order valence-electron chi connectivity index (χ4n) is 3.72. The number of aliphatic carboxylic acids is 1. The van der Waals surface area contributed by atoms with E-state index in [1.54, 1.807) is 6.08 Å². The molecule has 9 nitrogen and oxygen atoms in total. The number of hydrogen-bond donors (Lipinski definition) is 3. The van der Waals surface area contributed by atoms with Gasteiger partial charge in [0.1, 0.15) is 6.04 Å². The maximum absolute atomic E-state index is 12.5. The number of nitrogens with two attached hydrogens (primary N) is 1. The van der Waals surface area contributed by atoms with E-state index in [2.05, 4.69) is 10.3 Å². The molecule has 2 atom stereocenters. The Kier molecular flexibility index (Phi) is 4.46. The van der Waals surface area contributed by atoms with Crippen molar-refractivity contribution in [3.05, 3.63) is 35.2 Å². The molecule has 3 rings (SSSR count). The zero-order valence-electron chi connectivity index (χ0n) is 14.9. The maximum atomic E-state index is 12.5. The van der Waals surface area contributed by atoms with E-state index in [1.165, 1.54) is 23.2 Å². The Bertz CT molecular complexity index is 876. The predicted molar refractivity (Wildman–Crippen MR) is 94.2 cm³/mol. The van der Waals surface area contributed by atoms with E-state index in [0.29, 0.717) is 17.7 Å². The van der Waals surface area contributed by atoms with E-state index >= 15 is 0 Å². The van der Waals surface area contributed by atoms with Crippen molar-refractivity contribution in [3.8, 4) is 0 Å². The summed E-state index contributed by atoms with van der Waals surface area (Å²) in [5.74, 6) is -2.48. The first-order valence-electron chi connectivity index (χ1n) is 8.41. The molecule has 2 fully saturated rings. The van der Waals surface area contributed by atoms with Gasteiger partial charge in [-0.2, -0.15) is 0 Å². The molecule has 2 aliphatic heterocycles. The summed E-state index contributed by atoms with van der Waals surface area (Å²) in [4.78, 5) is 52.3. The summed E-state index contributed by atoms with van der Waals surface area (Å²) in [7, 11) is 0. The van der Waals surface area contributed by atoms with Crippen molar-refractivity contribution < 1.29 is 24.3 Å². The molecule has 0 spiro atoms. The number of β-lactam (4-membered cyclic amide) rings is 1. The van der Waals surface area contributed by atoms with Gasteiger partial charge in [-0.3, -0.25) is 19.4 Å². The molecule has 3 amide bonds. The Balaban J connectivity index is 1.82. The van der Waals surface area contributed by atoms with E-state index in [4.69, 9.17) is 5.73 Å². The minimum Gasteiger partial charge on any atom is -0.480 e. The Morgan fingerprint density at radius 3 is 2.78 bits per heavy atom. The van der Waals surface area contributed by atoms with Crippen LogP contribution in [0.15, 0.2) is 23.9 Å². The number of carboxylic acids is 1. The Hall–Kier alpha value is -3.23. The quantitative estimate of drug-likeness (QED) is 0.481. The molecule has 0 aliphatic carbocycles. The van der Waals surface area contributed by atoms with Gasteiger partial charge in [-0.25, -0.2) is 4.79 Å². The van der Waals surface area contributed by atoms with Gasteiger partial charge in [0, 0.05) is 17.3 Å². The molecule has 27 heavy (non-hydrogen) atoms. The Labute approximate surface area is 155 Å². The van der Waals surface area contributed by atoms with Gasteiger partial charge in [-0.05, 0) is 30.0 Å². The minimum absolute atomic E-state index is 0.275. The van der Waals surface area contributed by atoms with Gasteiger partial charge < -0.3 is 21.1 Å². The third-order valence-corrected chi connectivity index (χ3v) is 4.92. The largest absolute Gasteiger partial charge is 0.480 e. The number of primary amides is 1. The second kappa shape index (κ2) is 6.49. The van der Waals surface area contributed by atoms with E-state index in [0.717, 1.165) is 0 Å². The maximum Gasteiger partial charge on any atom is 0.327 e. The van der Waals surface area contributed by atoms with Crippen LogP contribution in [-0.4, -0.2) is 57.3 Å². The van der Waals surface area contributed by atoms with E-state index < -0.39 is 29.2 Å². The van der Waals surface area contributed by atoms with E-state index in [9.17, 15) is 24.3 Å². The number of pyridine rings is 1. The fraction of sp³-hybridized carbons (Fsp3) is 0.389. The van der Waals surface area contributed by atoms with Crippen LogP contribution in [0.3, 0.4) is 0 Å². The number of carbonyl (C=O) groups is 4. The highest BCUT2D eigenvalue weighted by atomic mass is 16.4. The minimum atomic E-state index is -1.01. The molecular formula is C18H20N4O5. The first-order chi connectivity index (χ1) is 12.6. The molecular weight excluding hydrogens is 352 g/mol. The van der Waals surface area contributed by atoms with Crippen LogP contribution in [0.25, 0.3) is 6.08 Å². The number of rotatable bonds is 5. The van der Waals surface area contributed by atoms with Crippen LogP contribution in [0.5, 0.6) is 0 Å². The molecule has 1 aromatic rings. The molecule has 2 saturated heterocycles. The molecule has 0 bridgehead atoms. The number of nitrogens with one attached hydrogen (secondary N) is 1. The van der Waals surface area contributed by atoms with Gasteiger partial charge in [0.05, 0.1) is 18.3 Å². The SMILES string of the molecule is CC1(C)CC2/C(=C\c3cc(C(=O)NCC(N)=O)ccn3)C(=O)N2[C@H]1C(=O)O. The summed E-state index contributed by atoms with van der Waals surface area (Å²) in [5.41, 5.74) is 5.62. The molecule has 2 aliphatic rings. The standard InChI is InChI=1S/C18H20N4O5/c1-18(2)7-12-11(16(25)22(12)14(18)17(26)27)6-10-5-9(3-4-20-10)15(24)21-8-13(19)23/h3-6,12,14H,7-8H2,1-2H3,(H2,19,23)(H,21,24)(H,26,27)/b11-6+/t12?,14-/m0/s1. The smallest absolute Gasteiger partial charge is 0.327 e. The third kappa shape index (κ3) is 3.27. The van der Waals surface area contributed by atoms with Gasteiger partial charge in [-0.15, -0.1) is 0 Å². The monoisotopic (exact) mass is 372 g/mol. The summed E-state index contributed by atoms with van der Waals surface area (Å²) < 4.78 is 0. The van der Waals surface area contributed by atoms with Crippen LogP contribution >= 0.6 is 0 Å². The lowest BCUT2D eigenvalue weighted by atomic mass is 9.83. The molecule has 9 heteroatoms. The lowest BCUT2D eigenvalue weighted by Crippen LogP contribution is -2.57. The fourth-order valence-corrected chi connectivity index (χ4v) is 3.72. The van der Waals surface area contributed by atoms with Gasteiger partial charge in [0.2, 0.25) is 5.91 Å². The average molecular weight is 372 g/mol. The molecule has 142 valence electrons. The molecule has 0 saturated carbocycles. The van der Waals surface area contributed by atoms with Gasteiger partial charge in [0.15, 0.2) is 0 Å². The van der Waals surface area contributed by atoms with Gasteiger partial charge in [0.25, 0.3) is 11.8 Å². The molecule has 1 aromatic heterocycles. The normalized spacial score (nSPS) is 24.3. The molecule has 0 aromatic carbocycles. The lowest BCUT2D eigenvalue weighted by molar-refractivity contribution is -0.154. The van der Waals surface area contributed by atoms with Crippen molar-refractivity contribution in [2.75, 3.05) is 6.54 Å². The van der Waals surface area contributed by atoms with Crippen LogP contribution in [0.2, 0.25) is 0 Å². The highest BCUT2D eigenvalue weighted by Crippen LogP contribution is 2.49. The van der Waals surface area contributed by atoms with Crippen LogP contribution in [0, 0.1) is 5.41 Å². The number of aromatic nitrogens is 1. The summed E-state index contributed by atoms with van der Waals surface area (Å²) in [6.07, 6.45) is 3.54. The third-order valence-electron chi connectivity index (χ3n) is 4.92. The number of fused-ring (bicyclic) bond motifs is 1. The molecule has 4 N–H and O–H groups in total. The topological polar surface area (TPSA) is 143 Å². The summed E-state index contributed by atoms with van der Waals surface area (Å²) in [6.45, 7) is 3.38. The molecule has 3 heterocycles. The Morgan fingerprint density at radius 2 is 2.15 bits per heavy atom. The van der Waals surface area contributed by atoms with E-state index in [-0.39, 0.29) is 24.1 Å². The van der Waals surface area contributed by atoms with Crippen molar-refractivity contribution in [2.45, 2.75) is 32.4 Å². The van der Waals surface area contributed by atoms with Crippen LogP contribution < -0.4 is 11.1 Å². The van der Waals surface area contributed by atoms with E-state index in [1.807, 2.05) is 13.8 Å². The van der Waals surface area contributed by atoms with Crippen molar-refractivity contribution >= 4 is 29.8 Å². The van der Waals surface area contributed by atoms with Crippen molar-refractivity contribution in [2.24, 2.45) is 11.1 Å². The highest BCUT2D eigenvalue weighted by molar-refractivity contribution is 6.08. The zero-order chi connectivity index (χ0) is 19.9. The zero-order valence-corrected chi connectivity index (χ0v) is 14.9. The lowest BCUT2D eigenvalue weighted by Gasteiger charge is -2.40. The predicted octanol–water partition coefficient (Wildman–Crippen LogP) is -0.226. The van der Waals surface area contributed by atoms with Crippen molar-refractivity contribution in [1.29, 1.82) is 0 Å². The number of nitrogens with zero attached hydrogens (tertiary/aromatic N) is 2. The summed E-state index contributed by atoms with van der Waals surface area (Å²) >= 11 is 0.